The Morgan fingerprint density at radius 1 is 1.04 bits per heavy atom. The van der Waals surface area contributed by atoms with Crippen LogP contribution in [-0.4, -0.2) is 29.0 Å². The van der Waals surface area contributed by atoms with Gasteiger partial charge in [-0.1, -0.05) is 31.2 Å². The molecular weight excluding hydrogens is 324 g/mol. The number of nitrogens with zero attached hydrogens (tertiary/aromatic N) is 2. The Bertz CT molecular complexity index is 687. The van der Waals surface area contributed by atoms with Gasteiger partial charge in [0.15, 0.2) is 0 Å². The molecular formula is C21H28N4O. The summed E-state index contributed by atoms with van der Waals surface area (Å²) in [5.41, 5.74) is 3.48. The second-order valence-corrected chi connectivity index (χ2v) is 7.19. The van der Waals surface area contributed by atoms with Crippen LogP contribution in [-0.2, 0) is 19.6 Å². The van der Waals surface area contributed by atoms with Crippen molar-refractivity contribution in [3.8, 4) is 0 Å². The third-order valence-corrected chi connectivity index (χ3v) is 4.83. The number of likely N-dealkylation sites (tertiary alicyclic amines) is 1. The molecule has 1 aromatic heterocycles. The second-order valence-electron chi connectivity index (χ2n) is 7.19. The van der Waals surface area contributed by atoms with Crippen molar-refractivity contribution in [2.24, 2.45) is 5.92 Å². The van der Waals surface area contributed by atoms with Crippen molar-refractivity contribution in [3.63, 3.8) is 0 Å². The lowest BCUT2D eigenvalue weighted by molar-refractivity contribution is 0.176. The smallest absolute Gasteiger partial charge is 0.315 e. The van der Waals surface area contributed by atoms with Crippen LogP contribution in [0.4, 0.5) is 4.79 Å². The maximum atomic E-state index is 11.9. The molecule has 0 spiro atoms. The fourth-order valence-electron chi connectivity index (χ4n) is 3.38. The van der Waals surface area contributed by atoms with Crippen LogP contribution in [0.25, 0.3) is 0 Å². The number of nitrogens with one attached hydrogen (secondary N) is 2. The highest BCUT2D eigenvalue weighted by molar-refractivity contribution is 5.73. The third kappa shape index (κ3) is 5.85. The van der Waals surface area contributed by atoms with Crippen molar-refractivity contribution in [2.75, 3.05) is 13.1 Å². The molecule has 0 saturated carbocycles. The van der Waals surface area contributed by atoms with Gasteiger partial charge in [-0.2, -0.15) is 0 Å². The van der Waals surface area contributed by atoms with E-state index in [1.165, 1.54) is 31.5 Å². The Kier molecular flexibility index (Phi) is 6.61. The molecule has 138 valence electrons. The first kappa shape index (κ1) is 18.4. The molecule has 1 aliphatic rings. The molecule has 3 rings (SSSR count). The number of carbonyl (C=O) groups excluding carboxylic acids is 1. The van der Waals surface area contributed by atoms with Crippen LogP contribution in [0.3, 0.4) is 0 Å². The Morgan fingerprint density at radius 2 is 1.65 bits per heavy atom. The van der Waals surface area contributed by atoms with Crippen LogP contribution in [0.1, 0.15) is 36.5 Å². The molecule has 0 radical (unpaired) electrons. The molecule has 2 aromatic rings. The minimum absolute atomic E-state index is 0.159. The van der Waals surface area contributed by atoms with Gasteiger partial charge in [0.25, 0.3) is 0 Å². The van der Waals surface area contributed by atoms with Crippen LogP contribution >= 0.6 is 0 Å². The van der Waals surface area contributed by atoms with Gasteiger partial charge < -0.3 is 10.6 Å². The van der Waals surface area contributed by atoms with E-state index in [2.05, 4.69) is 51.7 Å². The highest BCUT2D eigenvalue weighted by Crippen LogP contribution is 2.18. The van der Waals surface area contributed by atoms with Crippen molar-refractivity contribution >= 4 is 6.03 Å². The Balaban J connectivity index is 1.40. The van der Waals surface area contributed by atoms with E-state index in [0.717, 1.165) is 23.6 Å². The van der Waals surface area contributed by atoms with Crippen LogP contribution in [0.5, 0.6) is 0 Å². The fourth-order valence-corrected chi connectivity index (χ4v) is 3.38. The SMILES string of the molecule is C[C@@H]1CCCN(Cc2ccc(CNC(=O)NCc3ccncc3)cc2)C1. The van der Waals surface area contributed by atoms with Crippen LogP contribution in [0.2, 0.25) is 0 Å². The zero-order valence-electron chi connectivity index (χ0n) is 15.4. The van der Waals surface area contributed by atoms with Gasteiger partial charge in [0, 0.05) is 38.6 Å². The van der Waals surface area contributed by atoms with Crippen LogP contribution < -0.4 is 10.6 Å². The Morgan fingerprint density at radius 3 is 2.31 bits per heavy atom. The first-order chi connectivity index (χ1) is 12.7. The molecule has 0 bridgehead atoms. The number of benzene rings is 1. The van der Waals surface area contributed by atoms with Crippen molar-refractivity contribution in [3.05, 3.63) is 65.5 Å². The summed E-state index contributed by atoms with van der Waals surface area (Å²) < 4.78 is 0. The largest absolute Gasteiger partial charge is 0.334 e. The van der Waals surface area contributed by atoms with E-state index in [4.69, 9.17) is 0 Å². The normalized spacial score (nSPS) is 17.7. The van der Waals surface area contributed by atoms with E-state index in [1.54, 1.807) is 12.4 Å². The topological polar surface area (TPSA) is 57.3 Å². The zero-order chi connectivity index (χ0) is 18.2. The van der Waals surface area contributed by atoms with Gasteiger partial charge in [-0.3, -0.25) is 9.88 Å². The molecule has 1 saturated heterocycles. The molecule has 5 nitrogen and oxygen atoms in total. The van der Waals surface area contributed by atoms with E-state index in [9.17, 15) is 4.79 Å². The van der Waals surface area contributed by atoms with E-state index < -0.39 is 0 Å². The van der Waals surface area contributed by atoms with Crippen molar-refractivity contribution < 1.29 is 4.79 Å². The first-order valence-corrected chi connectivity index (χ1v) is 9.40. The van der Waals surface area contributed by atoms with Crippen LogP contribution in [0, 0.1) is 5.92 Å². The molecule has 2 heterocycles. The molecule has 1 fully saturated rings. The van der Waals surface area contributed by atoms with Crippen molar-refractivity contribution in [1.82, 2.24) is 20.5 Å². The number of hydrogen-bond acceptors (Lipinski definition) is 3. The van der Waals surface area contributed by atoms with E-state index in [0.29, 0.717) is 13.1 Å². The summed E-state index contributed by atoms with van der Waals surface area (Å²) in [5.74, 6) is 0.804. The molecule has 1 atom stereocenters. The van der Waals surface area contributed by atoms with Crippen LogP contribution in [0.15, 0.2) is 48.8 Å². The number of pyridine rings is 1. The Labute approximate surface area is 155 Å². The van der Waals surface area contributed by atoms with E-state index in [1.807, 2.05) is 12.1 Å². The average molecular weight is 352 g/mol. The number of aromatic nitrogens is 1. The summed E-state index contributed by atoms with van der Waals surface area (Å²) in [6.07, 6.45) is 6.10. The first-order valence-electron chi connectivity index (χ1n) is 9.40. The maximum Gasteiger partial charge on any atom is 0.315 e. The maximum absolute atomic E-state index is 11.9. The lowest BCUT2D eigenvalue weighted by Crippen LogP contribution is -2.34. The van der Waals surface area contributed by atoms with Gasteiger partial charge in [0.2, 0.25) is 0 Å². The minimum Gasteiger partial charge on any atom is -0.334 e. The molecule has 0 unspecified atom stereocenters. The number of rotatable bonds is 6. The van der Waals surface area contributed by atoms with Gasteiger partial charge >= 0.3 is 6.03 Å². The molecule has 1 aliphatic heterocycles. The summed E-state index contributed by atoms with van der Waals surface area (Å²) >= 11 is 0. The predicted octanol–water partition coefficient (Wildman–Crippen LogP) is 3.31. The molecule has 5 heteroatoms. The summed E-state index contributed by atoms with van der Waals surface area (Å²) in [4.78, 5) is 18.4. The zero-order valence-corrected chi connectivity index (χ0v) is 15.4. The monoisotopic (exact) mass is 352 g/mol. The quantitative estimate of drug-likeness (QED) is 0.838. The highest BCUT2D eigenvalue weighted by Gasteiger charge is 2.16. The highest BCUT2D eigenvalue weighted by atomic mass is 16.2. The minimum atomic E-state index is -0.159. The Hall–Kier alpha value is -2.40. The summed E-state index contributed by atoms with van der Waals surface area (Å²) in [7, 11) is 0. The van der Waals surface area contributed by atoms with Gasteiger partial charge in [-0.15, -0.1) is 0 Å². The standard InChI is InChI=1S/C21H28N4O/c1-17-3-2-12-25(15-17)16-20-6-4-18(5-7-20)13-23-21(26)24-14-19-8-10-22-11-9-19/h4-11,17H,2-3,12-16H2,1H3,(H2,23,24,26)/t17-/m1/s1. The second kappa shape index (κ2) is 9.34. The van der Waals surface area contributed by atoms with Gasteiger partial charge in [0.05, 0.1) is 0 Å². The predicted molar refractivity (Wildman–Crippen MR) is 103 cm³/mol. The summed E-state index contributed by atoms with van der Waals surface area (Å²) in [5, 5.41) is 5.75. The molecule has 0 aliphatic carbocycles. The number of urea groups is 1. The third-order valence-electron chi connectivity index (χ3n) is 4.83. The number of hydrogen-bond donors (Lipinski definition) is 2. The molecule has 2 N–H and O–H groups in total. The lowest BCUT2D eigenvalue weighted by atomic mass is 9.99. The molecule has 1 aromatic carbocycles. The van der Waals surface area contributed by atoms with E-state index >= 15 is 0 Å². The molecule has 2 amide bonds. The van der Waals surface area contributed by atoms with Gasteiger partial charge in [-0.05, 0) is 54.1 Å². The average Bonchev–Trinajstić information content (AvgIpc) is 2.67. The molecule has 26 heavy (non-hydrogen) atoms. The van der Waals surface area contributed by atoms with Crippen molar-refractivity contribution in [2.45, 2.75) is 39.4 Å². The van der Waals surface area contributed by atoms with Crippen molar-refractivity contribution in [1.29, 1.82) is 0 Å². The number of piperidine rings is 1. The van der Waals surface area contributed by atoms with Gasteiger partial charge in [-0.25, -0.2) is 4.79 Å². The summed E-state index contributed by atoms with van der Waals surface area (Å²) in [6, 6.07) is 12.2. The van der Waals surface area contributed by atoms with Gasteiger partial charge in [0.1, 0.15) is 0 Å². The van der Waals surface area contributed by atoms with E-state index in [-0.39, 0.29) is 6.03 Å². The number of amides is 2. The fraction of sp³-hybridized carbons (Fsp3) is 0.429. The number of carbonyl (C=O) groups is 1. The lowest BCUT2D eigenvalue weighted by Gasteiger charge is -2.30. The summed E-state index contributed by atoms with van der Waals surface area (Å²) in [6.45, 7) is 6.78.